The van der Waals surface area contributed by atoms with E-state index < -0.39 is 0 Å². The highest BCUT2D eigenvalue weighted by molar-refractivity contribution is 7.99. The van der Waals surface area contributed by atoms with Crippen LogP contribution in [0, 0.1) is 5.92 Å². The Morgan fingerprint density at radius 2 is 2.12 bits per heavy atom. The quantitative estimate of drug-likeness (QED) is 0.649. The molecule has 0 bridgehead atoms. The van der Waals surface area contributed by atoms with Crippen molar-refractivity contribution >= 4 is 17.7 Å². The van der Waals surface area contributed by atoms with Crippen molar-refractivity contribution in [3.05, 3.63) is 24.5 Å². The van der Waals surface area contributed by atoms with Crippen molar-refractivity contribution < 1.29 is 4.79 Å². The fraction of sp³-hybridized carbons (Fsp3) is 0.529. The second-order valence-corrected chi connectivity index (χ2v) is 7.57. The van der Waals surface area contributed by atoms with E-state index in [2.05, 4.69) is 22.1 Å². The lowest BCUT2D eigenvalue weighted by atomic mass is 9.87. The van der Waals surface area contributed by atoms with Crippen molar-refractivity contribution in [1.82, 2.24) is 24.8 Å². The second-order valence-electron chi connectivity index (χ2n) is 6.62. The Morgan fingerprint density at radius 3 is 2.80 bits per heavy atom. The molecule has 25 heavy (non-hydrogen) atoms. The molecule has 1 saturated carbocycles. The van der Waals surface area contributed by atoms with Gasteiger partial charge in [0.05, 0.1) is 5.75 Å². The van der Waals surface area contributed by atoms with Crippen LogP contribution in [-0.2, 0) is 4.79 Å². The molecule has 7 nitrogen and oxygen atoms in total. The number of thioether (sulfide) groups is 1. The van der Waals surface area contributed by atoms with E-state index in [1.807, 2.05) is 24.1 Å². The molecule has 2 aromatic rings. The molecule has 1 amide bonds. The van der Waals surface area contributed by atoms with Crippen LogP contribution in [0.15, 0.2) is 29.7 Å². The smallest absolute Gasteiger partial charge is 0.233 e. The van der Waals surface area contributed by atoms with Crippen LogP contribution >= 0.6 is 11.8 Å². The highest BCUT2D eigenvalue weighted by Crippen LogP contribution is 2.27. The summed E-state index contributed by atoms with van der Waals surface area (Å²) in [6.45, 7) is 2.28. The van der Waals surface area contributed by atoms with Crippen molar-refractivity contribution in [2.75, 3.05) is 18.6 Å². The SMILES string of the molecule is CC1CCC(N(C)C(=O)CSc2nnc(-c3cccnc3)n2N)CC1. The Labute approximate surface area is 152 Å². The number of carbonyl (C=O) groups is 1. The molecule has 2 N–H and O–H groups in total. The van der Waals surface area contributed by atoms with Gasteiger partial charge in [-0.2, -0.15) is 0 Å². The number of pyridine rings is 1. The molecule has 0 atom stereocenters. The van der Waals surface area contributed by atoms with Gasteiger partial charge in [0.1, 0.15) is 0 Å². The third-order valence-electron chi connectivity index (χ3n) is 4.84. The molecule has 8 heteroatoms. The van der Waals surface area contributed by atoms with Gasteiger partial charge < -0.3 is 10.7 Å². The Bertz CT molecular complexity index is 711. The maximum absolute atomic E-state index is 12.5. The highest BCUT2D eigenvalue weighted by Gasteiger charge is 2.25. The maximum Gasteiger partial charge on any atom is 0.233 e. The molecule has 1 aliphatic carbocycles. The van der Waals surface area contributed by atoms with E-state index in [0.29, 0.717) is 22.8 Å². The number of nitrogen functional groups attached to an aromatic ring is 1. The number of nitrogens with two attached hydrogens (primary N) is 1. The van der Waals surface area contributed by atoms with Crippen LogP contribution in [0.5, 0.6) is 0 Å². The molecule has 0 unspecified atom stereocenters. The van der Waals surface area contributed by atoms with E-state index in [1.54, 1.807) is 12.4 Å². The van der Waals surface area contributed by atoms with Gasteiger partial charge in [0.2, 0.25) is 11.1 Å². The highest BCUT2D eigenvalue weighted by atomic mass is 32.2. The number of hydrogen-bond acceptors (Lipinski definition) is 6. The predicted octanol–water partition coefficient (Wildman–Crippen LogP) is 2.18. The van der Waals surface area contributed by atoms with Crippen molar-refractivity contribution in [2.24, 2.45) is 5.92 Å². The number of hydrogen-bond donors (Lipinski definition) is 1. The summed E-state index contributed by atoms with van der Waals surface area (Å²) in [5.41, 5.74) is 0.795. The van der Waals surface area contributed by atoms with E-state index in [9.17, 15) is 4.79 Å². The third kappa shape index (κ3) is 4.12. The van der Waals surface area contributed by atoms with Crippen molar-refractivity contribution in [3.8, 4) is 11.4 Å². The summed E-state index contributed by atoms with van der Waals surface area (Å²) in [5.74, 6) is 7.80. The zero-order valence-electron chi connectivity index (χ0n) is 14.6. The molecular formula is C17H24N6OS. The van der Waals surface area contributed by atoms with Gasteiger partial charge in [-0.1, -0.05) is 18.7 Å². The van der Waals surface area contributed by atoms with Gasteiger partial charge in [-0.05, 0) is 43.7 Å². The first-order chi connectivity index (χ1) is 12.1. The minimum atomic E-state index is 0.107. The van der Waals surface area contributed by atoms with Gasteiger partial charge in [-0.3, -0.25) is 9.78 Å². The lowest BCUT2D eigenvalue weighted by Gasteiger charge is -2.33. The van der Waals surface area contributed by atoms with Crippen LogP contribution in [0.4, 0.5) is 0 Å². The molecule has 2 aromatic heterocycles. The lowest BCUT2D eigenvalue weighted by molar-refractivity contribution is -0.129. The monoisotopic (exact) mass is 360 g/mol. The van der Waals surface area contributed by atoms with E-state index in [1.165, 1.54) is 29.3 Å². The van der Waals surface area contributed by atoms with Crippen LogP contribution in [0.25, 0.3) is 11.4 Å². The molecule has 3 rings (SSSR count). The number of aromatic nitrogens is 4. The van der Waals surface area contributed by atoms with Crippen LogP contribution in [0.1, 0.15) is 32.6 Å². The average molecular weight is 360 g/mol. The normalized spacial score (nSPS) is 20.4. The summed E-state index contributed by atoms with van der Waals surface area (Å²) in [4.78, 5) is 18.4. The first-order valence-corrected chi connectivity index (χ1v) is 9.54. The van der Waals surface area contributed by atoms with Crippen LogP contribution in [0.3, 0.4) is 0 Å². The standard InChI is InChI=1S/C17H24N6OS/c1-12-5-7-14(8-6-12)22(2)15(24)11-25-17-21-20-16(23(17)18)13-4-3-9-19-10-13/h3-4,9-10,12,14H,5-8,11,18H2,1-2H3. The summed E-state index contributed by atoms with van der Waals surface area (Å²) in [7, 11) is 1.90. The third-order valence-corrected chi connectivity index (χ3v) is 5.76. The first kappa shape index (κ1) is 17.7. The molecule has 2 heterocycles. The van der Waals surface area contributed by atoms with Crippen LogP contribution in [0.2, 0.25) is 0 Å². The average Bonchev–Trinajstić information content (AvgIpc) is 3.01. The number of carbonyl (C=O) groups excluding carboxylic acids is 1. The summed E-state index contributed by atoms with van der Waals surface area (Å²) in [5, 5.41) is 8.73. The van der Waals surface area contributed by atoms with Crippen LogP contribution < -0.4 is 5.84 Å². The first-order valence-electron chi connectivity index (χ1n) is 8.55. The molecule has 1 aliphatic rings. The largest absolute Gasteiger partial charge is 0.342 e. The van der Waals surface area contributed by atoms with Gasteiger partial charge in [0, 0.05) is 31.0 Å². The van der Waals surface area contributed by atoms with E-state index in [0.717, 1.165) is 24.3 Å². The molecule has 134 valence electrons. The Morgan fingerprint density at radius 1 is 1.36 bits per heavy atom. The summed E-state index contributed by atoms with van der Waals surface area (Å²) < 4.78 is 1.41. The zero-order valence-corrected chi connectivity index (χ0v) is 15.4. The van der Waals surface area contributed by atoms with Crippen molar-refractivity contribution in [3.63, 3.8) is 0 Å². The van der Waals surface area contributed by atoms with Gasteiger partial charge in [-0.25, -0.2) is 4.68 Å². The van der Waals surface area contributed by atoms with Gasteiger partial charge >= 0.3 is 0 Å². The molecule has 0 saturated heterocycles. The van der Waals surface area contributed by atoms with Gasteiger partial charge in [0.25, 0.3) is 0 Å². The predicted molar refractivity (Wildman–Crippen MR) is 98.3 cm³/mol. The van der Waals surface area contributed by atoms with Crippen molar-refractivity contribution in [1.29, 1.82) is 0 Å². The van der Waals surface area contributed by atoms with E-state index in [-0.39, 0.29) is 5.91 Å². The molecular weight excluding hydrogens is 336 g/mol. The Kier molecular flexibility index (Phi) is 5.57. The molecule has 0 radical (unpaired) electrons. The van der Waals surface area contributed by atoms with Gasteiger partial charge in [-0.15, -0.1) is 10.2 Å². The fourth-order valence-electron chi connectivity index (χ4n) is 3.13. The maximum atomic E-state index is 12.5. The lowest BCUT2D eigenvalue weighted by Crippen LogP contribution is -2.40. The number of nitrogens with zero attached hydrogens (tertiary/aromatic N) is 5. The molecule has 0 aliphatic heterocycles. The topological polar surface area (TPSA) is 89.9 Å². The molecule has 1 fully saturated rings. The van der Waals surface area contributed by atoms with E-state index in [4.69, 9.17) is 5.84 Å². The molecule has 0 spiro atoms. The Hall–Kier alpha value is -2.09. The Balaban J connectivity index is 1.58. The summed E-state index contributed by atoms with van der Waals surface area (Å²) >= 11 is 1.32. The summed E-state index contributed by atoms with van der Waals surface area (Å²) in [6, 6.07) is 4.05. The van der Waals surface area contributed by atoms with Crippen LogP contribution in [-0.4, -0.2) is 49.5 Å². The minimum absolute atomic E-state index is 0.107. The number of rotatable bonds is 5. The van der Waals surface area contributed by atoms with Crippen molar-refractivity contribution in [2.45, 2.75) is 43.8 Å². The summed E-state index contributed by atoms with van der Waals surface area (Å²) in [6.07, 6.45) is 7.95. The molecule has 0 aromatic carbocycles. The second kappa shape index (κ2) is 7.86. The number of amides is 1. The van der Waals surface area contributed by atoms with Gasteiger partial charge in [0.15, 0.2) is 5.82 Å². The fourth-order valence-corrected chi connectivity index (χ4v) is 3.91. The van der Waals surface area contributed by atoms with E-state index >= 15 is 0 Å². The zero-order chi connectivity index (χ0) is 17.8. The minimum Gasteiger partial charge on any atom is -0.342 e.